The van der Waals surface area contributed by atoms with Gasteiger partial charge in [-0.3, -0.25) is 9.59 Å². The van der Waals surface area contributed by atoms with E-state index in [2.05, 4.69) is 12.2 Å². The molecule has 1 aliphatic carbocycles. The van der Waals surface area contributed by atoms with E-state index in [1.165, 1.54) is 0 Å². The Bertz CT molecular complexity index is 278. The van der Waals surface area contributed by atoms with Crippen LogP contribution in [0.1, 0.15) is 52.4 Å². The van der Waals surface area contributed by atoms with Gasteiger partial charge in [0.05, 0.1) is 0 Å². The fourth-order valence-electron chi connectivity index (χ4n) is 2.55. The van der Waals surface area contributed by atoms with Gasteiger partial charge >= 0.3 is 5.97 Å². The third-order valence-corrected chi connectivity index (χ3v) is 3.52. The molecule has 0 heterocycles. The van der Waals surface area contributed by atoms with Crippen molar-refractivity contribution in [3.8, 4) is 0 Å². The Morgan fingerprint density at radius 3 is 2.71 bits per heavy atom. The van der Waals surface area contributed by atoms with Crippen LogP contribution >= 0.6 is 0 Å². The summed E-state index contributed by atoms with van der Waals surface area (Å²) in [5.74, 6) is -0.313. The molecule has 0 spiro atoms. The number of nitrogens with one attached hydrogen (secondary N) is 1. The Kier molecular flexibility index (Phi) is 5.45. The van der Waals surface area contributed by atoms with Crippen LogP contribution in [0.25, 0.3) is 0 Å². The van der Waals surface area contributed by atoms with Crippen LogP contribution in [0.4, 0.5) is 0 Å². The second kappa shape index (κ2) is 6.62. The van der Waals surface area contributed by atoms with E-state index in [9.17, 15) is 9.59 Å². The lowest BCUT2D eigenvalue weighted by molar-refractivity contribution is -0.138. The molecule has 2 N–H and O–H groups in total. The number of carbonyl (C=O) groups is 2. The molecule has 0 saturated heterocycles. The van der Waals surface area contributed by atoms with Crippen molar-refractivity contribution in [2.24, 2.45) is 11.8 Å². The van der Waals surface area contributed by atoms with Gasteiger partial charge in [0.1, 0.15) is 0 Å². The number of rotatable bonds is 6. The summed E-state index contributed by atoms with van der Waals surface area (Å²) >= 11 is 0. The van der Waals surface area contributed by atoms with E-state index in [1.807, 2.05) is 6.92 Å². The summed E-state index contributed by atoms with van der Waals surface area (Å²) in [5, 5.41) is 11.7. The Morgan fingerprint density at radius 2 is 2.12 bits per heavy atom. The minimum absolute atomic E-state index is 0.0681. The minimum Gasteiger partial charge on any atom is -0.481 e. The quantitative estimate of drug-likeness (QED) is 0.749. The molecule has 1 fully saturated rings. The summed E-state index contributed by atoms with van der Waals surface area (Å²) in [6, 6.07) is 0.186. The molecule has 0 aromatic rings. The van der Waals surface area contributed by atoms with Gasteiger partial charge in [-0.1, -0.05) is 20.3 Å². The maximum atomic E-state index is 11.8. The van der Waals surface area contributed by atoms with Gasteiger partial charge in [-0.25, -0.2) is 0 Å². The van der Waals surface area contributed by atoms with E-state index < -0.39 is 5.97 Å². The molecule has 98 valence electrons. The lowest BCUT2D eigenvalue weighted by Crippen LogP contribution is -2.36. The summed E-state index contributed by atoms with van der Waals surface area (Å²) < 4.78 is 0. The van der Waals surface area contributed by atoms with Crippen LogP contribution in [0.2, 0.25) is 0 Å². The molecule has 3 unspecified atom stereocenters. The zero-order chi connectivity index (χ0) is 12.8. The highest BCUT2D eigenvalue weighted by molar-refractivity contribution is 5.78. The third-order valence-electron chi connectivity index (χ3n) is 3.52. The average Bonchev–Trinajstić information content (AvgIpc) is 2.64. The second-order valence-electron chi connectivity index (χ2n) is 5.17. The van der Waals surface area contributed by atoms with E-state index in [1.54, 1.807) is 0 Å². The van der Waals surface area contributed by atoms with Crippen LogP contribution in [0, 0.1) is 11.8 Å². The first-order chi connectivity index (χ1) is 8.02. The molecule has 3 atom stereocenters. The standard InChI is InChI=1S/C13H23NO3/c1-3-4-9(2)13(17)14-11-6-5-10(7-11)8-12(15)16/h9-11H,3-8H2,1-2H3,(H,14,17)(H,15,16). The van der Waals surface area contributed by atoms with Gasteiger partial charge in [0, 0.05) is 18.4 Å². The maximum absolute atomic E-state index is 11.8. The van der Waals surface area contributed by atoms with E-state index in [0.29, 0.717) is 0 Å². The summed E-state index contributed by atoms with van der Waals surface area (Å²) in [6.07, 6.45) is 4.81. The van der Waals surface area contributed by atoms with Crippen molar-refractivity contribution in [1.29, 1.82) is 0 Å². The highest BCUT2D eigenvalue weighted by Crippen LogP contribution is 2.28. The minimum atomic E-state index is -0.735. The number of carboxylic acids is 1. The summed E-state index contributed by atoms with van der Waals surface area (Å²) in [7, 11) is 0. The molecule has 4 heteroatoms. The Labute approximate surface area is 103 Å². The van der Waals surface area contributed by atoms with Crippen molar-refractivity contribution in [2.45, 2.75) is 58.4 Å². The van der Waals surface area contributed by atoms with Gasteiger partial charge in [-0.05, 0) is 31.6 Å². The topological polar surface area (TPSA) is 66.4 Å². The molecule has 0 bridgehead atoms. The molecule has 17 heavy (non-hydrogen) atoms. The predicted molar refractivity (Wildman–Crippen MR) is 65.6 cm³/mol. The van der Waals surface area contributed by atoms with Crippen molar-refractivity contribution < 1.29 is 14.7 Å². The lowest BCUT2D eigenvalue weighted by atomic mass is 10.0. The number of aliphatic carboxylic acids is 1. The molecular weight excluding hydrogens is 218 g/mol. The molecular formula is C13H23NO3. The van der Waals surface area contributed by atoms with E-state index in [4.69, 9.17) is 5.11 Å². The number of amides is 1. The van der Waals surface area contributed by atoms with E-state index >= 15 is 0 Å². The number of hydrogen-bond donors (Lipinski definition) is 2. The zero-order valence-corrected chi connectivity index (χ0v) is 10.7. The number of carbonyl (C=O) groups excluding carboxylic acids is 1. The van der Waals surface area contributed by atoms with Gasteiger partial charge in [0.15, 0.2) is 0 Å². The van der Waals surface area contributed by atoms with Crippen LogP contribution in [0.3, 0.4) is 0 Å². The molecule has 4 nitrogen and oxygen atoms in total. The third kappa shape index (κ3) is 4.75. The van der Waals surface area contributed by atoms with E-state index in [0.717, 1.165) is 32.1 Å². The molecule has 1 amide bonds. The van der Waals surface area contributed by atoms with Gasteiger partial charge in [-0.2, -0.15) is 0 Å². The molecule has 0 aliphatic heterocycles. The first-order valence-corrected chi connectivity index (χ1v) is 6.55. The molecule has 0 aromatic carbocycles. The fraction of sp³-hybridized carbons (Fsp3) is 0.846. The summed E-state index contributed by atoms with van der Waals surface area (Å²) in [5.41, 5.74) is 0. The smallest absolute Gasteiger partial charge is 0.303 e. The first kappa shape index (κ1) is 14.0. The fourth-order valence-corrected chi connectivity index (χ4v) is 2.55. The molecule has 1 rings (SSSR count). The van der Waals surface area contributed by atoms with Crippen molar-refractivity contribution in [1.82, 2.24) is 5.32 Å². The second-order valence-corrected chi connectivity index (χ2v) is 5.17. The number of carboxylic acid groups (broad SMARTS) is 1. The van der Waals surface area contributed by atoms with Crippen LogP contribution in [0.5, 0.6) is 0 Å². The Morgan fingerprint density at radius 1 is 1.41 bits per heavy atom. The van der Waals surface area contributed by atoms with Crippen LogP contribution in [-0.4, -0.2) is 23.0 Å². The lowest BCUT2D eigenvalue weighted by Gasteiger charge is -2.16. The molecule has 0 radical (unpaired) electrons. The Hall–Kier alpha value is -1.06. The monoisotopic (exact) mass is 241 g/mol. The van der Waals surface area contributed by atoms with Crippen molar-refractivity contribution >= 4 is 11.9 Å². The predicted octanol–water partition coefficient (Wildman–Crippen LogP) is 2.18. The number of hydrogen-bond acceptors (Lipinski definition) is 2. The first-order valence-electron chi connectivity index (χ1n) is 6.55. The largest absolute Gasteiger partial charge is 0.481 e. The van der Waals surface area contributed by atoms with Gasteiger partial charge in [0.2, 0.25) is 5.91 Å². The van der Waals surface area contributed by atoms with Gasteiger partial charge in [0.25, 0.3) is 0 Å². The molecule has 1 saturated carbocycles. The van der Waals surface area contributed by atoms with Gasteiger partial charge < -0.3 is 10.4 Å². The summed E-state index contributed by atoms with van der Waals surface area (Å²) in [6.45, 7) is 4.02. The van der Waals surface area contributed by atoms with Crippen LogP contribution < -0.4 is 5.32 Å². The van der Waals surface area contributed by atoms with Gasteiger partial charge in [-0.15, -0.1) is 0 Å². The van der Waals surface area contributed by atoms with Crippen LogP contribution in [-0.2, 0) is 9.59 Å². The van der Waals surface area contributed by atoms with Crippen LogP contribution in [0.15, 0.2) is 0 Å². The Balaban J connectivity index is 2.29. The SMILES string of the molecule is CCCC(C)C(=O)NC1CCC(CC(=O)O)C1. The van der Waals surface area contributed by atoms with Crippen molar-refractivity contribution in [3.05, 3.63) is 0 Å². The summed E-state index contributed by atoms with van der Waals surface area (Å²) in [4.78, 5) is 22.4. The highest BCUT2D eigenvalue weighted by Gasteiger charge is 2.28. The van der Waals surface area contributed by atoms with E-state index in [-0.39, 0.29) is 30.2 Å². The normalized spacial score (nSPS) is 25.5. The highest BCUT2D eigenvalue weighted by atomic mass is 16.4. The molecule has 0 aromatic heterocycles. The van der Waals surface area contributed by atoms with Crippen molar-refractivity contribution in [2.75, 3.05) is 0 Å². The van der Waals surface area contributed by atoms with Crippen molar-refractivity contribution in [3.63, 3.8) is 0 Å². The average molecular weight is 241 g/mol. The maximum Gasteiger partial charge on any atom is 0.303 e. The molecule has 1 aliphatic rings. The zero-order valence-electron chi connectivity index (χ0n) is 10.7.